The van der Waals surface area contributed by atoms with Crippen molar-refractivity contribution in [1.29, 1.82) is 0 Å². The zero-order valence-corrected chi connectivity index (χ0v) is 11.8. The number of nitrogens with one attached hydrogen (secondary N) is 1. The first-order valence-corrected chi connectivity index (χ1v) is 6.61. The van der Waals surface area contributed by atoms with Crippen LogP contribution in [0.3, 0.4) is 0 Å². The fourth-order valence-corrected chi connectivity index (χ4v) is 1.75. The SMILES string of the molecule is COc1ccc(C(=O)NCCCC(C)Br)cc1. The van der Waals surface area contributed by atoms with Crippen molar-refractivity contribution in [1.82, 2.24) is 5.32 Å². The van der Waals surface area contributed by atoms with Gasteiger partial charge in [0.05, 0.1) is 7.11 Å². The minimum absolute atomic E-state index is 0.0325. The van der Waals surface area contributed by atoms with Gasteiger partial charge in [-0.15, -0.1) is 0 Å². The molecule has 0 aromatic heterocycles. The molecule has 0 bridgehead atoms. The zero-order chi connectivity index (χ0) is 12.7. The van der Waals surface area contributed by atoms with Crippen molar-refractivity contribution >= 4 is 21.8 Å². The Kier molecular flexibility index (Phi) is 6.05. The average Bonchev–Trinajstić information content (AvgIpc) is 2.34. The third kappa shape index (κ3) is 5.22. The van der Waals surface area contributed by atoms with Gasteiger partial charge >= 0.3 is 0 Å². The smallest absolute Gasteiger partial charge is 0.251 e. The number of hydrogen-bond donors (Lipinski definition) is 1. The van der Waals surface area contributed by atoms with Gasteiger partial charge < -0.3 is 10.1 Å². The summed E-state index contributed by atoms with van der Waals surface area (Å²) in [4.78, 5) is 12.2. The quantitative estimate of drug-likeness (QED) is 0.648. The molecule has 1 aromatic rings. The van der Waals surface area contributed by atoms with Gasteiger partial charge in [-0.1, -0.05) is 22.9 Å². The van der Waals surface area contributed by atoms with Gasteiger partial charge in [0.25, 0.3) is 5.91 Å². The highest BCUT2D eigenvalue weighted by molar-refractivity contribution is 9.09. The summed E-state index contributed by atoms with van der Waals surface area (Å²) >= 11 is 3.48. The summed E-state index contributed by atoms with van der Waals surface area (Å²) in [6, 6.07) is 7.10. The molecule has 4 heteroatoms. The van der Waals surface area contributed by atoms with Gasteiger partial charge in [-0.05, 0) is 37.1 Å². The van der Waals surface area contributed by atoms with Crippen LogP contribution in [0.1, 0.15) is 30.1 Å². The molecule has 0 radical (unpaired) electrons. The van der Waals surface area contributed by atoms with Crippen LogP contribution in [0.5, 0.6) is 5.75 Å². The van der Waals surface area contributed by atoms with Crippen LogP contribution in [-0.4, -0.2) is 24.4 Å². The predicted molar refractivity (Wildman–Crippen MR) is 73.0 cm³/mol. The van der Waals surface area contributed by atoms with Crippen LogP contribution in [0.15, 0.2) is 24.3 Å². The van der Waals surface area contributed by atoms with Gasteiger partial charge in [0.2, 0.25) is 0 Å². The summed E-state index contributed by atoms with van der Waals surface area (Å²) in [5, 5.41) is 2.89. The molecule has 1 N–H and O–H groups in total. The number of carbonyl (C=O) groups excluding carboxylic acids is 1. The number of ether oxygens (including phenoxy) is 1. The molecule has 0 saturated heterocycles. The maximum absolute atomic E-state index is 11.7. The first-order chi connectivity index (χ1) is 8.13. The molecule has 94 valence electrons. The molecule has 0 fully saturated rings. The van der Waals surface area contributed by atoms with Crippen LogP contribution < -0.4 is 10.1 Å². The molecule has 1 amide bonds. The van der Waals surface area contributed by atoms with Crippen molar-refractivity contribution in [2.75, 3.05) is 13.7 Å². The van der Waals surface area contributed by atoms with Crippen LogP contribution in [0.25, 0.3) is 0 Å². The number of carbonyl (C=O) groups is 1. The van der Waals surface area contributed by atoms with E-state index < -0.39 is 0 Å². The van der Waals surface area contributed by atoms with Crippen molar-refractivity contribution in [3.63, 3.8) is 0 Å². The molecule has 1 aromatic carbocycles. The van der Waals surface area contributed by atoms with E-state index in [9.17, 15) is 4.79 Å². The van der Waals surface area contributed by atoms with E-state index in [-0.39, 0.29) is 5.91 Å². The molecule has 0 aliphatic rings. The number of methoxy groups -OCH3 is 1. The van der Waals surface area contributed by atoms with E-state index in [2.05, 4.69) is 28.2 Å². The molecular formula is C13H18BrNO2. The molecule has 1 rings (SSSR count). The minimum Gasteiger partial charge on any atom is -0.497 e. The Morgan fingerprint density at radius 2 is 2.06 bits per heavy atom. The molecule has 3 nitrogen and oxygen atoms in total. The summed E-state index contributed by atoms with van der Waals surface area (Å²) in [6.07, 6.45) is 2.04. The molecule has 1 atom stereocenters. The highest BCUT2D eigenvalue weighted by atomic mass is 79.9. The van der Waals surface area contributed by atoms with Crippen LogP contribution >= 0.6 is 15.9 Å². The van der Waals surface area contributed by atoms with Crippen LogP contribution in [-0.2, 0) is 0 Å². The van der Waals surface area contributed by atoms with E-state index in [0.717, 1.165) is 18.6 Å². The topological polar surface area (TPSA) is 38.3 Å². The van der Waals surface area contributed by atoms with Crippen LogP contribution in [0.2, 0.25) is 0 Å². The molecule has 0 aliphatic carbocycles. The molecule has 17 heavy (non-hydrogen) atoms. The number of halogens is 1. The Labute approximate surface area is 111 Å². The molecular weight excluding hydrogens is 282 g/mol. The number of rotatable bonds is 6. The fourth-order valence-electron chi connectivity index (χ4n) is 1.43. The summed E-state index contributed by atoms with van der Waals surface area (Å²) in [5.41, 5.74) is 0.665. The van der Waals surface area contributed by atoms with Crippen molar-refractivity contribution in [2.24, 2.45) is 0 Å². The van der Waals surface area contributed by atoms with Gasteiger partial charge in [0, 0.05) is 16.9 Å². The number of amides is 1. The van der Waals surface area contributed by atoms with Gasteiger partial charge in [0.1, 0.15) is 5.75 Å². The Morgan fingerprint density at radius 3 is 2.59 bits per heavy atom. The second kappa shape index (κ2) is 7.33. The van der Waals surface area contributed by atoms with Gasteiger partial charge in [-0.2, -0.15) is 0 Å². The summed E-state index contributed by atoms with van der Waals surface area (Å²) in [5.74, 6) is 0.726. The van der Waals surface area contributed by atoms with E-state index >= 15 is 0 Å². The minimum atomic E-state index is -0.0325. The predicted octanol–water partition coefficient (Wildman–Crippen LogP) is 2.99. The third-order valence-electron chi connectivity index (χ3n) is 2.42. The lowest BCUT2D eigenvalue weighted by Crippen LogP contribution is -2.24. The first-order valence-electron chi connectivity index (χ1n) is 5.70. The fraction of sp³-hybridized carbons (Fsp3) is 0.462. The van der Waals surface area contributed by atoms with Crippen molar-refractivity contribution in [3.05, 3.63) is 29.8 Å². The maximum Gasteiger partial charge on any atom is 0.251 e. The largest absolute Gasteiger partial charge is 0.497 e. The Bertz CT molecular complexity index is 349. The molecule has 0 spiro atoms. The maximum atomic E-state index is 11.7. The average molecular weight is 300 g/mol. The van der Waals surface area contributed by atoms with Gasteiger partial charge in [0.15, 0.2) is 0 Å². The van der Waals surface area contributed by atoms with Gasteiger partial charge in [-0.3, -0.25) is 4.79 Å². The van der Waals surface area contributed by atoms with E-state index in [4.69, 9.17) is 4.74 Å². The zero-order valence-electron chi connectivity index (χ0n) is 10.2. The van der Waals surface area contributed by atoms with Crippen molar-refractivity contribution in [3.8, 4) is 5.75 Å². The Hall–Kier alpha value is -1.03. The first kappa shape index (κ1) is 14.0. The normalized spacial score (nSPS) is 11.9. The Balaban J connectivity index is 2.36. The second-order valence-corrected chi connectivity index (χ2v) is 5.47. The van der Waals surface area contributed by atoms with Crippen LogP contribution in [0, 0.1) is 0 Å². The summed E-state index contributed by atoms with van der Waals surface area (Å²) in [7, 11) is 1.61. The van der Waals surface area contributed by atoms with Crippen molar-refractivity contribution < 1.29 is 9.53 Å². The summed E-state index contributed by atoms with van der Waals surface area (Å²) < 4.78 is 5.04. The standard InChI is InChI=1S/C13H18BrNO2/c1-10(14)4-3-9-15-13(16)11-5-7-12(17-2)8-6-11/h5-8,10H,3-4,9H2,1-2H3,(H,15,16). The third-order valence-corrected chi connectivity index (χ3v) is 2.87. The monoisotopic (exact) mass is 299 g/mol. The van der Waals surface area contributed by atoms with E-state index in [1.807, 2.05) is 0 Å². The molecule has 0 saturated carbocycles. The molecule has 1 unspecified atom stereocenters. The lowest BCUT2D eigenvalue weighted by molar-refractivity contribution is 0.0953. The Morgan fingerprint density at radius 1 is 1.41 bits per heavy atom. The lowest BCUT2D eigenvalue weighted by atomic mass is 10.2. The highest BCUT2D eigenvalue weighted by Gasteiger charge is 2.04. The lowest BCUT2D eigenvalue weighted by Gasteiger charge is -2.06. The molecule has 0 aliphatic heterocycles. The second-order valence-electron chi connectivity index (χ2n) is 3.91. The highest BCUT2D eigenvalue weighted by Crippen LogP contribution is 2.11. The number of benzene rings is 1. The van der Waals surface area contributed by atoms with E-state index in [1.165, 1.54) is 0 Å². The van der Waals surface area contributed by atoms with E-state index in [0.29, 0.717) is 16.9 Å². The summed E-state index contributed by atoms with van der Waals surface area (Å²) in [6.45, 7) is 2.81. The number of hydrogen-bond acceptors (Lipinski definition) is 2. The van der Waals surface area contributed by atoms with Crippen LogP contribution in [0.4, 0.5) is 0 Å². The molecule has 0 heterocycles. The van der Waals surface area contributed by atoms with Gasteiger partial charge in [-0.25, -0.2) is 0 Å². The van der Waals surface area contributed by atoms with E-state index in [1.54, 1.807) is 31.4 Å². The van der Waals surface area contributed by atoms with Crippen molar-refractivity contribution in [2.45, 2.75) is 24.6 Å². The number of alkyl halides is 1.